The van der Waals surface area contributed by atoms with Crippen LogP contribution in [0, 0.1) is 0 Å². The lowest BCUT2D eigenvalue weighted by Crippen LogP contribution is -2.40. The Kier molecular flexibility index (Phi) is 3.10. The molecule has 8 nitrogen and oxygen atoms in total. The van der Waals surface area contributed by atoms with E-state index in [2.05, 4.69) is 15.3 Å². The van der Waals surface area contributed by atoms with Crippen LogP contribution in [0.1, 0.15) is 23.2 Å². The van der Waals surface area contributed by atoms with Crippen molar-refractivity contribution in [2.24, 2.45) is 7.05 Å². The Morgan fingerprint density at radius 1 is 1.26 bits per heavy atom. The van der Waals surface area contributed by atoms with Crippen LogP contribution in [0.2, 0.25) is 0 Å². The van der Waals surface area contributed by atoms with E-state index in [1.54, 1.807) is 26.7 Å². The highest BCUT2D eigenvalue weighted by atomic mass is 16.2. The molecule has 0 aromatic carbocycles. The molecule has 0 unspecified atom stereocenters. The smallest absolute Gasteiger partial charge is 0.255 e. The van der Waals surface area contributed by atoms with Crippen molar-refractivity contribution < 1.29 is 9.59 Å². The van der Waals surface area contributed by atoms with Crippen LogP contribution < -0.4 is 4.90 Å². The van der Waals surface area contributed by atoms with Crippen molar-refractivity contribution >= 4 is 17.5 Å². The Morgan fingerprint density at radius 2 is 2.13 bits per heavy atom. The third-order valence-electron chi connectivity index (χ3n) is 4.56. The van der Waals surface area contributed by atoms with E-state index in [-0.39, 0.29) is 23.9 Å². The molecular formula is C15H16N6O2. The fourth-order valence-electron chi connectivity index (χ4n) is 3.55. The van der Waals surface area contributed by atoms with Gasteiger partial charge in [0, 0.05) is 26.2 Å². The zero-order chi connectivity index (χ0) is 16.0. The van der Waals surface area contributed by atoms with Gasteiger partial charge in [-0.25, -0.2) is 0 Å². The molecule has 2 saturated heterocycles. The van der Waals surface area contributed by atoms with Crippen LogP contribution in [-0.4, -0.2) is 55.3 Å². The van der Waals surface area contributed by atoms with E-state index in [9.17, 15) is 9.59 Å². The molecule has 4 heterocycles. The largest absolute Gasteiger partial charge is 0.333 e. The third-order valence-corrected chi connectivity index (χ3v) is 4.56. The Morgan fingerprint density at radius 3 is 2.83 bits per heavy atom. The Balaban J connectivity index is 1.60. The molecule has 0 saturated carbocycles. The van der Waals surface area contributed by atoms with Crippen molar-refractivity contribution in [3.63, 3.8) is 0 Å². The predicted molar refractivity (Wildman–Crippen MR) is 80.6 cm³/mol. The number of aromatic nitrogens is 4. The summed E-state index contributed by atoms with van der Waals surface area (Å²) in [6, 6.07) is 1.58. The quantitative estimate of drug-likeness (QED) is 0.792. The van der Waals surface area contributed by atoms with Gasteiger partial charge in [-0.3, -0.25) is 14.3 Å². The first-order chi connectivity index (χ1) is 11.1. The summed E-state index contributed by atoms with van der Waals surface area (Å²) in [5.74, 6) is -0.0495. The van der Waals surface area contributed by atoms with E-state index in [0.717, 1.165) is 12.1 Å². The SMILES string of the molecule is Cn1cc(N2C(=O)C[C@H]3[C@H]2CCN3C(=O)c2ccnnc2)cn1. The van der Waals surface area contributed by atoms with Gasteiger partial charge >= 0.3 is 0 Å². The van der Waals surface area contributed by atoms with Gasteiger partial charge in [-0.05, 0) is 12.5 Å². The molecule has 23 heavy (non-hydrogen) atoms. The molecule has 4 rings (SSSR count). The van der Waals surface area contributed by atoms with E-state index in [1.165, 1.54) is 12.4 Å². The van der Waals surface area contributed by atoms with Crippen LogP contribution in [0.3, 0.4) is 0 Å². The average Bonchev–Trinajstić information content (AvgIpc) is 3.22. The molecule has 0 radical (unpaired) electrons. The number of anilines is 1. The van der Waals surface area contributed by atoms with Crippen molar-refractivity contribution in [2.75, 3.05) is 11.4 Å². The maximum absolute atomic E-state index is 12.7. The van der Waals surface area contributed by atoms with E-state index in [0.29, 0.717) is 18.5 Å². The van der Waals surface area contributed by atoms with Gasteiger partial charge in [0.2, 0.25) is 5.91 Å². The van der Waals surface area contributed by atoms with Crippen molar-refractivity contribution in [2.45, 2.75) is 24.9 Å². The second-order valence-corrected chi connectivity index (χ2v) is 5.89. The number of carbonyl (C=O) groups is 2. The van der Waals surface area contributed by atoms with Crippen LogP contribution in [0.5, 0.6) is 0 Å². The van der Waals surface area contributed by atoms with Crippen LogP contribution in [0.4, 0.5) is 5.69 Å². The lowest BCUT2D eigenvalue weighted by Gasteiger charge is -2.24. The Labute approximate surface area is 132 Å². The first kappa shape index (κ1) is 13.9. The van der Waals surface area contributed by atoms with Crippen LogP contribution in [-0.2, 0) is 11.8 Å². The molecule has 8 heteroatoms. The van der Waals surface area contributed by atoms with Gasteiger partial charge in [0.1, 0.15) is 0 Å². The van der Waals surface area contributed by atoms with E-state index < -0.39 is 0 Å². The number of fused-ring (bicyclic) bond motifs is 1. The topological polar surface area (TPSA) is 84.2 Å². The van der Waals surface area contributed by atoms with Crippen molar-refractivity contribution in [1.29, 1.82) is 0 Å². The zero-order valence-corrected chi connectivity index (χ0v) is 12.7. The van der Waals surface area contributed by atoms with Crippen LogP contribution in [0.15, 0.2) is 30.9 Å². The summed E-state index contributed by atoms with van der Waals surface area (Å²) in [4.78, 5) is 28.7. The fraction of sp³-hybridized carbons (Fsp3) is 0.400. The molecule has 2 fully saturated rings. The molecule has 118 valence electrons. The summed E-state index contributed by atoms with van der Waals surface area (Å²) in [6.45, 7) is 0.639. The molecular weight excluding hydrogens is 296 g/mol. The van der Waals surface area contributed by atoms with Crippen LogP contribution >= 0.6 is 0 Å². The number of amides is 2. The minimum atomic E-state index is -0.0941. The van der Waals surface area contributed by atoms with Crippen molar-refractivity contribution in [3.8, 4) is 0 Å². The van der Waals surface area contributed by atoms with Gasteiger partial charge < -0.3 is 9.80 Å². The zero-order valence-electron chi connectivity index (χ0n) is 12.7. The summed E-state index contributed by atoms with van der Waals surface area (Å²) in [5, 5.41) is 11.6. The number of hydrogen-bond donors (Lipinski definition) is 0. The maximum atomic E-state index is 12.7. The first-order valence-corrected chi connectivity index (χ1v) is 7.53. The number of nitrogens with zero attached hydrogens (tertiary/aromatic N) is 6. The first-order valence-electron chi connectivity index (χ1n) is 7.53. The fourth-order valence-corrected chi connectivity index (χ4v) is 3.55. The van der Waals surface area contributed by atoms with Gasteiger partial charge in [-0.2, -0.15) is 15.3 Å². The second kappa shape index (κ2) is 5.15. The third kappa shape index (κ3) is 2.18. The summed E-state index contributed by atoms with van der Waals surface area (Å²) < 4.78 is 1.68. The number of rotatable bonds is 2. The molecule has 0 N–H and O–H groups in total. The highest BCUT2D eigenvalue weighted by Crippen LogP contribution is 2.36. The van der Waals surface area contributed by atoms with E-state index >= 15 is 0 Å². The van der Waals surface area contributed by atoms with Crippen molar-refractivity contribution in [1.82, 2.24) is 24.9 Å². The molecule has 2 aliphatic rings. The number of likely N-dealkylation sites (tertiary alicyclic amines) is 1. The average molecular weight is 312 g/mol. The highest BCUT2D eigenvalue weighted by Gasteiger charge is 2.49. The van der Waals surface area contributed by atoms with E-state index in [4.69, 9.17) is 0 Å². The van der Waals surface area contributed by atoms with Gasteiger partial charge in [0.05, 0.1) is 41.9 Å². The lowest BCUT2D eigenvalue weighted by molar-refractivity contribution is -0.117. The summed E-state index contributed by atoms with van der Waals surface area (Å²) >= 11 is 0. The van der Waals surface area contributed by atoms with Crippen molar-refractivity contribution in [3.05, 3.63) is 36.4 Å². The predicted octanol–water partition coefficient (Wildman–Crippen LogP) is 0.230. The number of aryl methyl sites for hydroxylation is 1. The highest BCUT2D eigenvalue weighted by molar-refractivity contribution is 6.00. The van der Waals surface area contributed by atoms with Gasteiger partial charge in [0.15, 0.2) is 0 Å². The molecule has 2 aromatic rings. The normalized spacial score (nSPS) is 23.4. The Bertz CT molecular complexity index is 758. The number of hydrogen-bond acceptors (Lipinski definition) is 5. The van der Waals surface area contributed by atoms with Gasteiger partial charge in [-0.1, -0.05) is 0 Å². The molecule has 2 amide bonds. The molecule has 0 aliphatic carbocycles. The summed E-state index contributed by atoms with van der Waals surface area (Å²) in [5.41, 5.74) is 1.30. The summed E-state index contributed by atoms with van der Waals surface area (Å²) in [6.07, 6.45) is 7.61. The lowest BCUT2D eigenvalue weighted by atomic mass is 10.1. The molecule has 2 atom stereocenters. The molecule has 2 aromatic heterocycles. The standard InChI is InChI=1S/C15H16N6O2/c1-19-9-11(8-18-19)21-12-3-5-20(13(12)6-14(21)22)15(23)10-2-4-16-17-7-10/h2,4,7-9,12-13H,3,5-6H2,1H3/t12-,13+/m1/s1. The minimum Gasteiger partial charge on any atom is -0.333 e. The van der Waals surface area contributed by atoms with Gasteiger partial charge in [0.25, 0.3) is 5.91 Å². The monoisotopic (exact) mass is 312 g/mol. The Hall–Kier alpha value is -2.77. The van der Waals surface area contributed by atoms with E-state index in [1.807, 2.05) is 13.2 Å². The molecule has 0 bridgehead atoms. The minimum absolute atomic E-state index is 0.0189. The molecule has 2 aliphatic heterocycles. The summed E-state index contributed by atoms with van der Waals surface area (Å²) in [7, 11) is 1.82. The van der Waals surface area contributed by atoms with Gasteiger partial charge in [-0.15, -0.1) is 0 Å². The maximum Gasteiger partial charge on any atom is 0.255 e. The molecule has 0 spiro atoms. The number of carbonyl (C=O) groups excluding carboxylic acids is 2. The van der Waals surface area contributed by atoms with Crippen LogP contribution in [0.25, 0.3) is 0 Å². The second-order valence-electron chi connectivity index (χ2n) is 5.89.